The van der Waals surface area contributed by atoms with Crippen LogP contribution in [0.25, 0.3) is 16.6 Å². The Morgan fingerprint density at radius 2 is 1.72 bits per heavy atom. The second-order valence-electron chi connectivity index (χ2n) is 7.31. The summed E-state index contributed by atoms with van der Waals surface area (Å²) in [6.45, 7) is 0. The standard InChI is InChI=1S/C24H21FN4O2S/c1-28(2)18-13-9-17(10-14-18)26-22(30)15-32-24-27-21-6-4-3-5-20(21)23(31)29(24)19-11-7-16(25)8-12-19/h3-14H,15H2,1-2H3,(H,26,30). The molecule has 0 spiro atoms. The van der Waals surface area contributed by atoms with Crippen LogP contribution in [0.15, 0.2) is 82.7 Å². The van der Waals surface area contributed by atoms with E-state index in [1.165, 1.54) is 28.8 Å². The summed E-state index contributed by atoms with van der Waals surface area (Å²) in [5, 5.41) is 3.66. The summed E-state index contributed by atoms with van der Waals surface area (Å²) in [5.41, 5.74) is 2.46. The van der Waals surface area contributed by atoms with Crippen molar-refractivity contribution in [3.63, 3.8) is 0 Å². The number of carbonyl (C=O) groups is 1. The molecule has 1 aromatic heterocycles. The summed E-state index contributed by atoms with van der Waals surface area (Å²) < 4.78 is 14.8. The van der Waals surface area contributed by atoms with Crippen LogP contribution in [0.5, 0.6) is 0 Å². The Morgan fingerprint density at radius 3 is 2.41 bits per heavy atom. The van der Waals surface area contributed by atoms with Crippen molar-refractivity contribution in [2.45, 2.75) is 5.16 Å². The lowest BCUT2D eigenvalue weighted by molar-refractivity contribution is -0.113. The highest BCUT2D eigenvalue weighted by Gasteiger charge is 2.15. The molecule has 1 amide bonds. The minimum absolute atomic E-state index is 0.0570. The van der Waals surface area contributed by atoms with Crippen molar-refractivity contribution in [2.24, 2.45) is 0 Å². The van der Waals surface area contributed by atoms with Gasteiger partial charge in [0, 0.05) is 25.5 Å². The zero-order chi connectivity index (χ0) is 22.7. The van der Waals surface area contributed by atoms with E-state index in [0.29, 0.717) is 27.4 Å². The highest BCUT2D eigenvalue weighted by molar-refractivity contribution is 7.99. The first-order valence-corrected chi connectivity index (χ1v) is 10.9. The highest BCUT2D eigenvalue weighted by Crippen LogP contribution is 2.22. The molecule has 1 N–H and O–H groups in total. The predicted octanol–water partition coefficient (Wildman–Crippen LogP) is 4.32. The first-order chi connectivity index (χ1) is 15.4. The van der Waals surface area contributed by atoms with Crippen molar-refractivity contribution in [1.82, 2.24) is 9.55 Å². The molecule has 0 atom stereocenters. The van der Waals surface area contributed by atoms with E-state index in [1.807, 2.05) is 43.3 Å². The molecule has 0 aliphatic rings. The number of rotatable bonds is 6. The zero-order valence-corrected chi connectivity index (χ0v) is 18.4. The van der Waals surface area contributed by atoms with E-state index in [-0.39, 0.29) is 17.2 Å². The van der Waals surface area contributed by atoms with Crippen LogP contribution >= 0.6 is 11.8 Å². The third-order valence-electron chi connectivity index (χ3n) is 4.83. The minimum Gasteiger partial charge on any atom is -0.378 e. The maximum absolute atomic E-state index is 13.4. The van der Waals surface area contributed by atoms with E-state index in [2.05, 4.69) is 10.3 Å². The third-order valence-corrected chi connectivity index (χ3v) is 5.77. The number of anilines is 2. The Hall–Kier alpha value is -3.65. The van der Waals surface area contributed by atoms with Gasteiger partial charge in [-0.15, -0.1) is 0 Å². The van der Waals surface area contributed by atoms with Crippen LogP contribution in [0, 0.1) is 5.82 Å². The SMILES string of the molecule is CN(C)c1ccc(NC(=O)CSc2nc3ccccc3c(=O)n2-c2ccc(F)cc2)cc1. The van der Waals surface area contributed by atoms with Crippen LogP contribution in [0.4, 0.5) is 15.8 Å². The highest BCUT2D eigenvalue weighted by atomic mass is 32.2. The zero-order valence-electron chi connectivity index (χ0n) is 17.6. The summed E-state index contributed by atoms with van der Waals surface area (Å²) in [6.07, 6.45) is 0. The van der Waals surface area contributed by atoms with E-state index in [1.54, 1.807) is 24.3 Å². The molecule has 0 bridgehead atoms. The number of fused-ring (bicyclic) bond motifs is 1. The van der Waals surface area contributed by atoms with Gasteiger partial charge in [0.05, 0.1) is 22.3 Å². The molecular weight excluding hydrogens is 427 g/mol. The van der Waals surface area contributed by atoms with Gasteiger partial charge in [-0.2, -0.15) is 0 Å². The normalized spacial score (nSPS) is 10.8. The fourth-order valence-electron chi connectivity index (χ4n) is 3.20. The fourth-order valence-corrected chi connectivity index (χ4v) is 4.01. The number of thioether (sulfide) groups is 1. The smallest absolute Gasteiger partial charge is 0.266 e. The minimum atomic E-state index is -0.399. The Morgan fingerprint density at radius 1 is 1.03 bits per heavy atom. The number of aromatic nitrogens is 2. The van der Waals surface area contributed by atoms with Gasteiger partial charge in [-0.25, -0.2) is 9.37 Å². The lowest BCUT2D eigenvalue weighted by atomic mass is 10.2. The van der Waals surface area contributed by atoms with Gasteiger partial charge in [0.25, 0.3) is 5.56 Å². The van der Waals surface area contributed by atoms with Gasteiger partial charge in [0.15, 0.2) is 5.16 Å². The second-order valence-corrected chi connectivity index (χ2v) is 8.25. The molecule has 4 rings (SSSR count). The molecular formula is C24H21FN4O2S. The number of hydrogen-bond acceptors (Lipinski definition) is 5. The first-order valence-electron chi connectivity index (χ1n) is 9.90. The summed E-state index contributed by atoms with van der Waals surface area (Å²) in [6, 6.07) is 20.1. The lowest BCUT2D eigenvalue weighted by Gasteiger charge is -2.14. The largest absolute Gasteiger partial charge is 0.378 e. The topological polar surface area (TPSA) is 67.2 Å². The van der Waals surface area contributed by atoms with Crippen LogP contribution in [0.1, 0.15) is 0 Å². The molecule has 0 aliphatic heterocycles. The second kappa shape index (κ2) is 9.23. The molecule has 8 heteroatoms. The molecule has 1 heterocycles. The van der Waals surface area contributed by atoms with Crippen LogP contribution < -0.4 is 15.8 Å². The number of carbonyl (C=O) groups excluding carboxylic acids is 1. The molecule has 0 aliphatic carbocycles. The summed E-state index contributed by atoms with van der Waals surface area (Å²) in [7, 11) is 3.89. The van der Waals surface area contributed by atoms with Crippen molar-refractivity contribution in [3.05, 3.63) is 89.0 Å². The van der Waals surface area contributed by atoms with Crippen molar-refractivity contribution in [1.29, 1.82) is 0 Å². The third kappa shape index (κ3) is 4.65. The first kappa shape index (κ1) is 21.6. The van der Waals surface area contributed by atoms with E-state index in [0.717, 1.165) is 17.4 Å². The molecule has 0 radical (unpaired) electrons. The number of nitrogens with one attached hydrogen (secondary N) is 1. The summed E-state index contributed by atoms with van der Waals surface area (Å²) in [4.78, 5) is 32.3. The van der Waals surface area contributed by atoms with Crippen LogP contribution in [0.3, 0.4) is 0 Å². The Balaban J connectivity index is 1.60. The fraction of sp³-hybridized carbons (Fsp3) is 0.125. The lowest BCUT2D eigenvalue weighted by Crippen LogP contribution is -2.23. The monoisotopic (exact) mass is 448 g/mol. The van der Waals surface area contributed by atoms with E-state index >= 15 is 0 Å². The van der Waals surface area contributed by atoms with Gasteiger partial charge in [-0.05, 0) is 60.7 Å². The van der Waals surface area contributed by atoms with Crippen LogP contribution in [-0.2, 0) is 4.79 Å². The van der Waals surface area contributed by atoms with Crippen molar-refractivity contribution < 1.29 is 9.18 Å². The molecule has 6 nitrogen and oxygen atoms in total. The van der Waals surface area contributed by atoms with Crippen LogP contribution in [-0.4, -0.2) is 35.3 Å². The van der Waals surface area contributed by atoms with Gasteiger partial charge < -0.3 is 10.2 Å². The maximum atomic E-state index is 13.4. The average molecular weight is 449 g/mol. The molecule has 4 aromatic rings. The van der Waals surface area contributed by atoms with Gasteiger partial charge in [-0.1, -0.05) is 23.9 Å². The maximum Gasteiger partial charge on any atom is 0.266 e. The van der Waals surface area contributed by atoms with Gasteiger partial charge in [0.2, 0.25) is 5.91 Å². The molecule has 0 unspecified atom stereocenters. The Bertz CT molecular complexity index is 1320. The quantitative estimate of drug-likeness (QED) is 0.352. The number of para-hydroxylation sites is 1. The Labute approximate surface area is 188 Å². The molecule has 0 saturated heterocycles. The predicted molar refractivity (Wildman–Crippen MR) is 127 cm³/mol. The van der Waals surface area contributed by atoms with Crippen molar-refractivity contribution in [2.75, 3.05) is 30.1 Å². The van der Waals surface area contributed by atoms with Crippen molar-refractivity contribution >= 4 is 39.9 Å². The van der Waals surface area contributed by atoms with Crippen molar-refractivity contribution in [3.8, 4) is 5.69 Å². The molecule has 162 valence electrons. The summed E-state index contributed by atoms with van der Waals surface area (Å²) in [5.74, 6) is -0.563. The molecule has 0 fully saturated rings. The number of hydrogen-bond donors (Lipinski definition) is 1. The number of halogens is 1. The molecule has 3 aromatic carbocycles. The van der Waals surface area contributed by atoms with E-state index < -0.39 is 5.82 Å². The average Bonchev–Trinajstić information content (AvgIpc) is 2.79. The number of benzene rings is 3. The Kier molecular flexibility index (Phi) is 6.23. The van der Waals surface area contributed by atoms with Gasteiger partial charge in [0.1, 0.15) is 5.82 Å². The molecule has 32 heavy (non-hydrogen) atoms. The molecule has 0 saturated carbocycles. The van der Waals surface area contributed by atoms with E-state index in [9.17, 15) is 14.0 Å². The van der Waals surface area contributed by atoms with E-state index in [4.69, 9.17) is 0 Å². The van der Waals surface area contributed by atoms with Gasteiger partial charge in [-0.3, -0.25) is 14.2 Å². The summed E-state index contributed by atoms with van der Waals surface area (Å²) >= 11 is 1.15. The van der Waals surface area contributed by atoms with Crippen LogP contribution in [0.2, 0.25) is 0 Å². The number of amides is 1. The number of nitrogens with zero attached hydrogens (tertiary/aromatic N) is 3. The van der Waals surface area contributed by atoms with Gasteiger partial charge >= 0.3 is 0 Å².